The SMILES string of the molecule is Cc1cccc2c1CC(CF)NC2. The minimum absolute atomic E-state index is 0.0219. The normalized spacial score (nSPS) is 21.2. The summed E-state index contributed by atoms with van der Waals surface area (Å²) in [6.07, 6.45) is 0.832. The van der Waals surface area contributed by atoms with Crippen molar-refractivity contribution < 1.29 is 4.39 Å². The minimum Gasteiger partial charge on any atom is -0.307 e. The number of benzene rings is 1. The van der Waals surface area contributed by atoms with Gasteiger partial charge in [-0.1, -0.05) is 18.2 Å². The molecule has 1 N–H and O–H groups in total. The van der Waals surface area contributed by atoms with E-state index in [9.17, 15) is 4.39 Å². The molecule has 0 saturated carbocycles. The number of alkyl halides is 1. The molecule has 0 spiro atoms. The number of halogens is 1. The van der Waals surface area contributed by atoms with Crippen LogP contribution in [0.4, 0.5) is 4.39 Å². The van der Waals surface area contributed by atoms with Gasteiger partial charge < -0.3 is 5.32 Å². The number of aryl methyl sites for hydroxylation is 1. The molecular weight excluding hydrogens is 165 g/mol. The molecule has 2 rings (SSSR count). The number of hydrogen-bond donors (Lipinski definition) is 1. The van der Waals surface area contributed by atoms with Crippen molar-refractivity contribution in [3.8, 4) is 0 Å². The first kappa shape index (κ1) is 8.70. The van der Waals surface area contributed by atoms with Gasteiger partial charge in [-0.3, -0.25) is 0 Å². The van der Waals surface area contributed by atoms with Gasteiger partial charge in [-0.05, 0) is 30.0 Å². The maximum Gasteiger partial charge on any atom is 0.105 e. The monoisotopic (exact) mass is 179 g/mol. The quantitative estimate of drug-likeness (QED) is 0.695. The van der Waals surface area contributed by atoms with Crippen molar-refractivity contribution in [3.05, 3.63) is 34.9 Å². The Morgan fingerprint density at radius 2 is 2.38 bits per heavy atom. The van der Waals surface area contributed by atoms with Crippen molar-refractivity contribution >= 4 is 0 Å². The standard InChI is InChI=1S/C11H14FN/c1-8-3-2-4-9-7-13-10(6-12)5-11(8)9/h2-4,10,13H,5-7H2,1H3. The molecule has 1 unspecified atom stereocenters. The van der Waals surface area contributed by atoms with E-state index in [0.29, 0.717) is 0 Å². The van der Waals surface area contributed by atoms with Gasteiger partial charge in [0, 0.05) is 12.6 Å². The van der Waals surface area contributed by atoms with E-state index in [1.807, 2.05) is 0 Å². The zero-order valence-electron chi connectivity index (χ0n) is 7.81. The van der Waals surface area contributed by atoms with Crippen LogP contribution in [0.3, 0.4) is 0 Å². The van der Waals surface area contributed by atoms with Crippen LogP contribution in [0.1, 0.15) is 16.7 Å². The molecule has 1 nitrogen and oxygen atoms in total. The molecule has 0 aliphatic carbocycles. The third-order valence-corrected chi connectivity index (χ3v) is 2.73. The molecule has 1 aromatic rings. The summed E-state index contributed by atoms with van der Waals surface area (Å²) in [7, 11) is 0. The molecule has 0 amide bonds. The summed E-state index contributed by atoms with van der Waals surface area (Å²) < 4.78 is 12.4. The van der Waals surface area contributed by atoms with Gasteiger partial charge in [0.2, 0.25) is 0 Å². The van der Waals surface area contributed by atoms with Crippen molar-refractivity contribution in [3.63, 3.8) is 0 Å². The van der Waals surface area contributed by atoms with Crippen LogP contribution in [0.25, 0.3) is 0 Å². The fraction of sp³-hybridized carbons (Fsp3) is 0.455. The van der Waals surface area contributed by atoms with Gasteiger partial charge in [0.05, 0.1) is 0 Å². The maximum atomic E-state index is 12.4. The van der Waals surface area contributed by atoms with Crippen LogP contribution in [0.2, 0.25) is 0 Å². The van der Waals surface area contributed by atoms with Crippen molar-refractivity contribution in [1.29, 1.82) is 0 Å². The van der Waals surface area contributed by atoms with Crippen molar-refractivity contribution in [1.82, 2.24) is 5.32 Å². The smallest absolute Gasteiger partial charge is 0.105 e. The van der Waals surface area contributed by atoms with Gasteiger partial charge in [0.25, 0.3) is 0 Å². The molecule has 1 aromatic carbocycles. The van der Waals surface area contributed by atoms with Crippen LogP contribution >= 0.6 is 0 Å². The lowest BCUT2D eigenvalue weighted by molar-refractivity contribution is 0.358. The highest BCUT2D eigenvalue weighted by Crippen LogP contribution is 2.20. The second-order valence-electron chi connectivity index (χ2n) is 3.65. The molecule has 0 radical (unpaired) electrons. The Kier molecular flexibility index (Phi) is 2.32. The Labute approximate surface area is 78.0 Å². The summed E-state index contributed by atoms with van der Waals surface area (Å²) >= 11 is 0. The Hall–Kier alpha value is -0.890. The van der Waals surface area contributed by atoms with E-state index in [1.54, 1.807) is 0 Å². The molecule has 70 valence electrons. The van der Waals surface area contributed by atoms with Crippen LogP contribution in [0.15, 0.2) is 18.2 Å². The first-order valence-corrected chi connectivity index (χ1v) is 4.68. The van der Waals surface area contributed by atoms with Crippen LogP contribution in [0.5, 0.6) is 0 Å². The largest absolute Gasteiger partial charge is 0.307 e. The molecule has 1 heterocycles. The van der Waals surface area contributed by atoms with Gasteiger partial charge in [-0.2, -0.15) is 0 Å². The third kappa shape index (κ3) is 1.59. The van der Waals surface area contributed by atoms with E-state index in [2.05, 4.69) is 30.4 Å². The van der Waals surface area contributed by atoms with Crippen LogP contribution in [-0.2, 0) is 13.0 Å². The average molecular weight is 179 g/mol. The van der Waals surface area contributed by atoms with E-state index in [4.69, 9.17) is 0 Å². The van der Waals surface area contributed by atoms with E-state index in [0.717, 1.165) is 13.0 Å². The van der Waals surface area contributed by atoms with Crippen LogP contribution < -0.4 is 5.32 Å². The highest BCUT2D eigenvalue weighted by Gasteiger charge is 2.18. The highest BCUT2D eigenvalue weighted by molar-refractivity contribution is 5.36. The number of rotatable bonds is 1. The predicted molar refractivity (Wildman–Crippen MR) is 51.5 cm³/mol. The Balaban J connectivity index is 2.32. The zero-order chi connectivity index (χ0) is 9.26. The summed E-state index contributed by atoms with van der Waals surface area (Å²) in [5, 5.41) is 3.18. The summed E-state index contributed by atoms with van der Waals surface area (Å²) in [6.45, 7) is 2.64. The molecule has 0 fully saturated rings. The summed E-state index contributed by atoms with van der Waals surface area (Å²) in [4.78, 5) is 0. The fourth-order valence-corrected chi connectivity index (χ4v) is 1.90. The fourth-order valence-electron chi connectivity index (χ4n) is 1.90. The van der Waals surface area contributed by atoms with Gasteiger partial charge in [-0.25, -0.2) is 4.39 Å². The molecule has 13 heavy (non-hydrogen) atoms. The van der Waals surface area contributed by atoms with Gasteiger partial charge in [0.15, 0.2) is 0 Å². The molecule has 2 heteroatoms. The Bertz CT molecular complexity index is 309. The van der Waals surface area contributed by atoms with Crippen molar-refractivity contribution in [2.75, 3.05) is 6.67 Å². The van der Waals surface area contributed by atoms with E-state index >= 15 is 0 Å². The molecule has 1 aliphatic heterocycles. The summed E-state index contributed by atoms with van der Waals surface area (Å²) in [5.74, 6) is 0. The molecule has 0 bridgehead atoms. The van der Waals surface area contributed by atoms with Crippen molar-refractivity contribution in [2.24, 2.45) is 0 Å². The first-order chi connectivity index (χ1) is 6.31. The second kappa shape index (κ2) is 3.46. The topological polar surface area (TPSA) is 12.0 Å². The van der Waals surface area contributed by atoms with Gasteiger partial charge >= 0.3 is 0 Å². The Morgan fingerprint density at radius 3 is 3.15 bits per heavy atom. The predicted octanol–water partition coefficient (Wildman–Crippen LogP) is 1.98. The molecule has 1 atom stereocenters. The lowest BCUT2D eigenvalue weighted by Crippen LogP contribution is -2.37. The zero-order valence-corrected chi connectivity index (χ0v) is 7.81. The number of hydrogen-bond acceptors (Lipinski definition) is 1. The Morgan fingerprint density at radius 1 is 1.54 bits per heavy atom. The average Bonchev–Trinajstić information content (AvgIpc) is 2.18. The summed E-state index contributed by atoms with van der Waals surface area (Å²) in [6, 6.07) is 6.29. The van der Waals surface area contributed by atoms with E-state index < -0.39 is 0 Å². The second-order valence-corrected chi connectivity index (χ2v) is 3.65. The lowest BCUT2D eigenvalue weighted by atomic mass is 9.92. The van der Waals surface area contributed by atoms with Crippen LogP contribution in [0, 0.1) is 6.92 Å². The molecular formula is C11H14FN. The van der Waals surface area contributed by atoms with Gasteiger partial charge in [0.1, 0.15) is 6.67 Å². The van der Waals surface area contributed by atoms with Crippen molar-refractivity contribution in [2.45, 2.75) is 25.9 Å². The number of fused-ring (bicyclic) bond motifs is 1. The highest BCUT2D eigenvalue weighted by atomic mass is 19.1. The lowest BCUT2D eigenvalue weighted by Gasteiger charge is -2.25. The van der Waals surface area contributed by atoms with Crippen LogP contribution in [-0.4, -0.2) is 12.7 Å². The van der Waals surface area contributed by atoms with E-state index in [1.165, 1.54) is 16.7 Å². The summed E-state index contributed by atoms with van der Waals surface area (Å²) in [5.41, 5.74) is 3.95. The first-order valence-electron chi connectivity index (χ1n) is 4.68. The number of nitrogens with one attached hydrogen (secondary N) is 1. The molecule has 0 saturated heterocycles. The van der Waals surface area contributed by atoms with E-state index in [-0.39, 0.29) is 12.7 Å². The van der Waals surface area contributed by atoms with Gasteiger partial charge in [-0.15, -0.1) is 0 Å². The minimum atomic E-state index is -0.270. The molecule has 0 aromatic heterocycles. The maximum absolute atomic E-state index is 12.4. The third-order valence-electron chi connectivity index (χ3n) is 2.73. The molecule has 1 aliphatic rings.